The summed E-state index contributed by atoms with van der Waals surface area (Å²) in [5.74, 6) is -0.179. The van der Waals surface area contributed by atoms with Crippen LogP contribution in [0.1, 0.15) is 43.9 Å². The van der Waals surface area contributed by atoms with E-state index in [1.54, 1.807) is 23.1 Å². The third kappa shape index (κ3) is 4.85. The van der Waals surface area contributed by atoms with Crippen molar-refractivity contribution in [1.29, 1.82) is 0 Å². The van der Waals surface area contributed by atoms with Crippen LogP contribution in [-0.4, -0.2) is 18.4 Å². The predicted octanol–water partition coefficient (Wildman–Crippen LogP) is 4.48. The van der Waals surface area contributed by atoms with E-state index < -0.39 is 0 Å². The molecule has 2 amide bonds. The maximum absolute atomic E-state index is 13.2. The van der Waals surface area contributed by atoms with Gasteiger partial charge in [0.25, 0.3) is 0 Å². The molecule has 28 heavy (non-hydrogen) atoms. The summed E-state index contributed by atoms with van der Waals surface area (Å²) in [5, 5.41) is 2.98. The number of rotatable bonds is 6. The Morgan fingerprint density at radius 3 is 2.36 bits per heavy atom. The summed E-state index contributed by atoms with van der Waals surface area (Å²) in [5.41, 5.74) is 2.64. The monoisotopic (exact) mass is 380 g/mol. The van der Waals surface area contributed by atoms with Gasteiger partial charge in [-0.1, -0.05) is 38.1 Å². The van der Waals surface area contributed by atoms with Crippen LogP contribution < -0.4 is 10.2 Å². The van der Waals surface area contributed by atoms with Crippen molar-refractivity contribution in [3.05, 3.63) is 71.6 Å². The quantitative estimate of drug-likeness (QED) is 0.751. The second-order valence-corrected chi connectivity index (χ2v) is 7.36. The Balaban J connectivity index is 1.63. The molecule has 2 aromatic carbocycles. The lowest BCUT2D eigenvalue weighted by atomic mass is 9.96. The first kappa shape index (κ1) is 19.8. The lowest BCUT2D eigenvalue weighted by Crippen LogP contribution is -2.30. The van der Waals surface area contributed by atoms with Crippen LogP contribution in [0, 0.1) is 11.7 Å². The summed E-state index contributed by atoms with van der Waals surface area (Å²) >= 11 is 0. The third-order valence-corrected chi connectivity index (χ3v) is 4.90. The van der Waals surface area contributed by atoms with Gasteiger partial charge in [-0.25, -0.2) is 4.39 Å². The normalized spacial score (nSPS) is 15.4. The highest BCUT2D eigenvalue weighted by atomic mass is 19.1. The summed E-state index contributed by atoms with van der Waals surface area (Å²) < 4.78 is 13.2. The summed E-state index contributed by atoms with van der Waals surface area (Å²) in [6.45, 7) is 4.78. The van der Waals surface area contributed by atoms with Crippen molar-refractivity contribution >= 4 is 23.6 Å². The Labute approximate surface area is 165 Å². The molecule has 1 heterocycles. The minimum Gasteiger partial charge on any atom is -0.345 e. The fourth-order valence-corrected chi connectivity index (χ4v) is 3.36. The van der Waals surface area contributed by atoms with Gasteiger partial charge in [-0.2, -0.15) is 0 Å². The first-order chi connectivity index (χ1) is 13.4. The third-order valence-electron chi connectivity index (χ3n) is 4.90. The lowest BCUT2D eigenvalue weighted by Gasteiger charge is -2.22. The van der Waals surface area contributed by atoms with Crippen LogP contribution in [0.15, 0.2) is 54.6 Å². The molecule has 1 aliphatic rings. The highest BCUT2D eigenvalue weighted by molar-refractivity contribution is 5.95. The van der Waals surface area contributed by atoms with Gasteiger partial charge in [-0.3, -0.25) is 9.59 Å². The Hall–Kier alpha value is -2.95. The number of hydrogen-bond acceptors (Lipinski definition) is 2. The van der Waals surface area contributed by atoms with E-state index in [0.717, 1.165) is 29.8 Å². The van der Waals surface area contributed by atoms with Crippen LogP contribution in [0.25, 0.3) is 6.08 Å². The molecular formula is C23H25FN2O2. The van der Waals surface area contributed by atoms with Gasteiger partial charge < -0.3 is 10.2 Å². The Morgan fingerprint density at radius 2 is 1.79 bits per heavy atom. The summed E-state index contributed by atoms with van der Waals surface area (Å²) in [6.07, 6.45) is 4.74. The van der Waals surface area contributed by atoms with Crippen molar-refractivity contribution < 1.29 is 14.0 Å². The van der Waals surface area contributed by atoms with E-state index in [1.807, 2.05) is 38.1 Å². The maximum atomic E-state index is 13.2. The van der Waals surface area contributed by atoms with Gasteiger partial charge >= 0.3 is 0 Å². The van der Waals surface area contributed by atoms with E-state index in [1.165, 1.54) is 18.2 Å². The van der Waals surface area contributed by atoms with E-state index in [0.29, 0.717) is 6.42 Å². The minimum absolute atomic E-state index is 0.156. The van der Waals surface area contributed by atoms with E-state index in [-0.39, 0.29) is 29.6 Å². The van der Waals surface area contributed by atoms with Gasteiger partial charge in [-0.15, -0.1) is 0 Å². The highest BCUT2D eigenvalue weighted by Crippen LogP contribution is 2.23. The summed E-state index contributed by atoms with van der Waals surface area (Å²) in [6, 6.07) is 13.6. The highest BCUT2D eigenvalue weighted by Gasteiger charge is 2.21. The van der Waals surface area contributed by atoms with Crippen LogP contribution in [-0.2, 0) is 9.59 Å². The molecule has 1 aliphatic heterocycles. The second-order valence-electron chi connectivity index (χ2n) is 7.36. The molecule has 0 radical (unpaired) electrons. The first-order valence-electron chi connectivity index (χ1n) is 9.58. The number of benzene rings is 2. The topological polar surface area (TPSA) is 49.4 Å². The number of nitrogens with one attached hydrogen (secondary N) is 1. The number of carbonyl (C=O) groups excluding carboxylic acids is 2. The molecule has 4 nitrogen and oxygen atoms in total. The predicted molar refractivity (Wildman–Crippen MR) is 109 cm³/mol. The SMILES string of the molecule is CC(C)C(NC(=O)/C=C/c1ccc(N2CCCC2=O)cc1)c1ccc(F)cc1. The molecule has 0 spiro atoms. The molecule has 146 valence electrons. The molecule has 5 heteroatoms. The van der Waals surface area contributed by atoms with Crippen molar-refractivity contribution in [2.24, 2.45) is 5.92 Å². The van der Waals surface area contributed by atoms with Crippen LogP contribution >= 0.6 is 0 Å². The molecule has 1 unspecified atom stereocenters. The molecule has 2 aromatic rings. The number of anilines is 1. The van der Waals surface area contributed by atoms with Crippen LogP contribution in [0.3, 0.4) is 0 Å². The number of halogens is 1. The molecule has 1 atom stereocenters. The van der Waals surface area contributed by atoms with Gasteiger partial charge in [-0.05, 0) is 53.8 Å². The zero-order chi connectivity index (χ0) is 20.1. The molecule has 0 bridgehead atoms. The Bertz CT molecular complexity index is 857. The molecule has 0 aliphatic carbocycles. The van der Waals surface area contributed by atoms with Gasteiger partial charge in [0, 0.05) is 24.7 Å². The molecule has 1 N–H and O–H groups in total. The largest absolute Gasteiger partial charge is 0.345 e. The second kappa shape index (κ2) is 8.83. The standard InChI is InChI=1S/C23H25FN2O2/c1-16(2)23(18-8-10-19(24)11-9-18)25-21(27)14-7-17-5-12-20(13-6-17)26-15-3-4-22(26)28/h5-14,16,23H,3-4,15H2,1-2H3,(H,25,27)/b14-7+. The van der Waals surface area contributed by atoms with Crippen LogP contribution in [0.2, 0.25) is 0 Å². The van der Waals surface area contributed by atoms with Crippen LogP contribution in [0.5, 0.6) is 0 Å². The van der Waals surface area contributed by atoms with Crippen molar-refractivity contribution in [3.63, 3.8) is 0 Å². The molecule has 0 aromatic heterocycles. The van der Waals surface area contributed by atoms with Crippen molar-refractivity contribution in [2.75, 3.05) is 11.4 Å². The molecule has 1 fully saturated rings. The number of hydrogen-bond donors (Lipinski definition) is 1. The zero-order valence-corrected chi connectivity index (χ0v) is 16.2. The van der Waals surface area contributed by atoms with E-state index in [2.05, 4.69) is 5.32 Å². The van der Waals surface area contributed by atoms with E-state index in [4.69, 9.17) is 0 Å². The molecule has 1 saturated heterocycles. The number of nitrogens with zero attached hydrogens (tertiary/aromatic N) is 1. The number of carbonyl (C=O) groups is 2. The maximum Gasteiger partial charge on any atom is 0.244 e. The van der Waals surface area contributed by atoms with Gasteiger partial charge in [0.05, 0.1) is 6.04 Å². The van der Waals surface area contributed by atoms with E-state index in [9.17, 15) is 14.0 Å². The molecule has 0 saturated carbocycles. The Morgan fingerprint density at radius 1 is 1.11 bits per heavy atom. The van der Waals surface area contributed by atoms with Crippen molar-refractivity contribution in [2.45, 2.75) is 32.7 Å². The van der Waals surface area contributed by atoms with Gasteiger partial charge in [0.1, 0.15) is 5.82 Å². The van der Waals surface area contributed by atoms with E-state index >= 15 is 0 Å². The van der Waals surface area contributed by atoms with Crippen molar-refractivity contribution in [3.8, 4) is 0 Å². The summed E-state index contributed by atoms with van der Waals surface area (Å²) in [4.78, 5) is 26.0. The zero-order valence-electron chi connectivity index (χ0n) is 16.2. The van der Waals surface area contributed by atoms with Crippen molar-refractivity contribution in [1.82, 2.24) is 5.32 Å². The Kier molecular flexibility index (Phi) is 6.24. The summed E-state index contributed by atoms with van der Waals surface area (Å²) in [7, 11) is 0. The van der Waals surface area contributed by atoms with Crippen LogP contribution in [0.4, 0.5) is 10.1 Å². The average Bonchev–Trinajstić information content (AvgIpc) is 3.11. The fourth-order valence-electron chi connectivity index (χ4n) is 3.36. The molecule has 3 rings (SSSR count). The minimum atomic E-state index is -0.295. The smallest absolute Gasteiger partial charge is 0.244 e. The lowest BCUT2D eigenvalue weighted by molar-refractivity contribution is -0.118. The fraction of sp³-hybridized carbons (Fsp3) is 0.304. The molecular weight excluding hydrogens is 355 g/mol. The first-order valence-corrected chi connectivity index (χ1v) is 9.58. The number of amides is 2. The average molecular weight is 380 g/mol. The van der Waals surface area contributed by atoms with Gasteiger partial charge in [0.2, 0.25) is 11.8 Å². The van der Waals surface area contributed by atoms with Gasteiger partial charge in [0.15, 0.2) is 0 Å².